The number of alkyl halides is 1. The zero-order valence-electron chi connectivity index (χ0n) is 75.7. The molecule has 3 heterocycles. The van der Waals surface area contributed by atoms with Crippen LogP contribution in [0.25, 0.3) is 89.9 Å². The van der Waals surface area contributed by atoms with E-state index in [1.807, 2.05) is 142 Å². The maximum atomic E-state index is 15.5. The number of benzene rings is 10. The molecule has 135 heavy (non-hydrogen) atoms. The highest BCUT2D eigenvalue weighted by Crippen LogP contribution is 2.51. The molecule has 2 aromatic heterocycles. The number of halogens is 8. The maximum Gasteiger partial charge on any atom is 0.328 e. The number of allylic oxidation sites excluding steroid dienone is 12. The maximum absolute atomic E-state index is 15.5. The molecule has 0 radical (unpaired) electrons. The van der Waals surface area contributed by atoms with Gasteiger partial charge in [0.2, 0.25) is 5.15 Å². The SMILES string of the molecule is CC/C(=C(\C1=C(Cl)c2ccccc2C1)c1ccc(/C=C/C(=O)O)cc1)c1csc(C)c1.CC/C(=C(\C1=Cc2ccccc2C1)c1c(F)cc(/C=C/C(=O)O)cc1F)c1ccc(C)cc1Cl.CC/C(=C(\C1=Cc2ccccc2C1)c1ccc(OCCN2CC(CF)C2)cc1)c1ccc(C)cc1Cl.[C-]#[N+]c1nc(Cl)ccc1/C(CC)=C(/C1=C(Cl)c2ccccc2C1)c1ccc(/C=C/C(=O)O)cc1. The summed E-state index contributed by atoms with van der Waals surface area (Å²) >= 11 is 35.1. The third kappa shape index (κ3) is 23.5. The minimum Gasteiger partial charge on any atom is -0.492 e. The van der Waals surface area contributed by atoms with Crippen LogP contribution >= 0.6 is 69.3 Å². The fourth-order valence-electron chi connectivity index (χ4n) is 18.1. The van der Waals surface area contributed by atoms with Crippen molar-refractivity contribution in [2.75, 3.05) is 32.9 Å². The lowest BCUT2D eigenvalue weighted by Crippen LogP contribution is -2.49. The number of pyridine rings is 1. The third-order valence-corrected chi connectivity index (χ3v) is 27.0. The number of nitrogens with zero attached hydrogens (tertiary/aromatic N) is 3. The van der Waals surface area contributed by atoms with Crippen LogP contribution in [0.5, 0.6) is 5.75 Å². The Kier molecular flexibility index (Phi) is 33.0. The second-order valence-electron chi connectivity index (χ2n) is 33.5. The summed E-state index contributed by atoms with van der Waals surface area (Å²) in [7, 11) is 0. The standard InChI is InChI=1S/C32H33ClFNO.C29H23ClF2O2.C28H20Cl2N2O2.C27H23ClO2S/c1-3-29(30-13-8-22(2)16-31(30)33)32(27-17-25-6-4-5-7-26(25)18-27)24-9-11-28(12-10-24)36-15-14-35-20-23(19-34)21-35;1-3-22(23-10-8-17(2)12-24(23)30)28(21-15-19-6-4-5-7-20(19)16-21)29-25(31)13-18(14-26(29)32)9-11-27(33)34;1-3-20(22-13-14-24(29)32-28(22)31-2)26(18-11-8-17(9-12-18)10-15-25(33)34)23-16-19-6-4-5-7-21(19)27(23)30;1-3-22(21-14-17(2)31-16-21)26(19-11-8-18(9-12-19)10-13-25(29)30)24-15-20-6-4-5-7-23(20)27(24)28/h4-13,16-17,23H,3,14-15,18-21H2,1-2H3;4-15H,3,16H2,1-2H3,(H,33,34);4-15H,3,16H2,1H3,(H,33,34);4-14,16H,3,15H2,1-2H3,(H,29,30)/b32-29+;11-9+,28-22-;15-10+,26-20+;13-10+,26-22+. The van der Waals surface area contributed by atoms with Gasteiger partial charge in [-0.2, -0.15) is 0 Å². The summed E-state index contributed by atoms with van der Waals surface area (Å²) in [6.45, 7) is 25.1. The molecule has 10 aromatic carbocycles. The molecule has 682 valence electrons. The van der Waals surface area contributed by atoms with Gasteiger partial charge in [-0.3, -0.25) is 9.29 Å². The zero-order valence-corrected chi connectivity index (χ0v) is 80.3. The van der Waals surface area contributed by atoms with Crippen LogP contribution in [0.1, 0.15) is 175 Å². The van der Waals surface area contributed by atoms with Gasteiger partial charge in [-0.05, 0) is 316 Å². The van der Waals surface area contributed by atoms with E-state index in [9.17, 15) is 18.8 Å². The first-order valence-electron chi connectivity index (χ1n) is 44.8. The molecule has 12 aromatic rings. The number of hydrogen-bond donors (Lipinski definition) is 3. The highest BCUT2D eigenvalue weighted by molar-refractivity contribution is 7.10. The molecular weight excluding hydrogens is 1810 g/mol. The molecule has 0 unspecified atom stereocenters. The number of carbonyl (C=O) groups is 3. The fourth-order valence-corrected chi connectivity index (χ4v) is 20.3. The molecular formula is C116H99Cl5F3N3O7S. The summed E-state index contributed by atoms with van der Waals surface area (Å²) in [6, 6.07) is 77.1. The van der Waals surface area contributed by atoms with Crippen molar-refractivity contribution in [1.82, 2.24) is 9.88 Å². The summed E-state index contributed by atoms with van der Waals surface area (Å²) in [5.74, 6) is -3.35. The van der Waals surface area contributed by atoms with Crippen LogP contribution in [0, 0.1) is 44.9 Å². The van der Waals surface area contributed by atoms with E-state index in [1.165, 1.54) is 66.6 Å². The number of carboxylic acids is 3. The van der Waals surface area contributed by atoms with Crippen molar-refractivity contribution in [2.45, 2.75) is 99.8 Å². The van der Waals surface area contributed by atoms with E-state index in [0.717, 1.165) is 203 Å². The number of fused-ring (bicyclic) bond motifs is 4. The Morgan fingerprint density at radius 3 is 1.34 bits per heavy atom. The number of carboxylic acid groups (broad SMARTS) is 3. The van der Waals surface area contributed by atoms with Crippen molar-refractivity contribution in [3.05, 3.63) is 442 Å². The Labute approximate surface area is 816 Å². The van der Waals surface area contributed by atoms with Crippen molar-refractivity contribution in [3.63, 3.8) is 0 Å². The lowest BCUT2D eigenvalue weighted by atomic mass is 9.86. The first-order valence-corrected chi connectivity index (χ1v) is 47.5. The third-order valence-electron chi connectivity index (χ3n) is 24.5. The Balaban J connectivity index is 0.000000144. The highest BCUT2D eigenvalue weighted by Gasteiger charge is 2.32. The molecule has 0 amide bonds. The molecule has 10 nitrogen and oxygen atoms in total. The van der Waals surface area contributed by atoms with Crippen molar-refractivity contribution in [2.24, 2.45) is 5.92 Å². The molecule has 17 rings (SSSR count). The average Bonchev–Trinajstić information content (AvgIpc) is 1.74. The molecule has 5 aliphatic rings. The monoisotopic (exact) mass is 1910 g/mol. The predicted octanol–water partition coefficient (Wildman–Crippen LogP) is 31.5. The van der Waals surface area contributed by atoms with E-state index in [0.29, 0.717) is 47.9 Å². The second-order valence-corrected chi connectivity index (χ2v) is 36.5. The highest BCUT2D eigenvalue weighted by atomic mass is 35.5. The Bertz CT molecular complexity index is 6950. The van der Waals surface area contributed by atoms with Crippen molar-refractivity contribution in [1.29, 1.82) is 0 Å². The Hall–Kier alpha value is -12.9. The average molecular weight is 1910 g/mol. The number of rotatable bonds is 27. The molecule has 0 spiro atoms. The van der Waals surface area contributed by atoms with Crippen LogP contribution in [0.2, 0.25) is 15.2 Å². The van der Waals surface area contributed by atoms with E-state index in [-0.39, 0.29) is 34.7 Å². The van der Waals surface area contributed by atoms with Crippen LogP contribution < -0.4 is 4.74 Å². The van der Waals surface area contributed by atoms with Crippen LogP contribution in [0.15, 0.2) is 282 Å². The van der Waals surface area contributed by atoms with Crippen molar-refractivity contribution < 1.29 is 47.6 Å². The van der Waals surface area contributed by atoms with Gasteiger partial charge >= 0.3 is 17.9 Å². The molecule has 19 heteroatoms. The fraction of sp³-hybridized carbons (Fsp3) is 0.181. The number of hydrogen-bond acceptors (Lipinski definition) is 7. The van der Waals surface area contributed by atoms with E-state index in [2.05, 4.69) is 157 Å². The number of likely N-dealkylation sites (tertiary alicyclic amines) is 1. The minimum absolute atomic E-state index is 0.135. The van der Waals surface area contributed by atoms with Crippen LogP contribution in [-0.2, 0) is 40.1 Å². The van der Waals surface area contributed by atoms with Gasteiger partial charge < -0.3 is 24.9 Å². The quantitative estimate of drug-likeness (QED) is 0.0199. The van der Waals surface area contributed by atoms with Gasteiger partial charge in [-0.15, -0.1) is 16.3 Å². The zero-order chi connectivity index (χ0) is 95.7. The lowest BCUT2D eigenvalue weighted by molar-refractivity contribution is -0.132. The van der Waals surface area contributed by atoms with Crippen LogP contribution in [-0.4, -0.2) is 76.0 Å². The van der Waals surface area contributed by atoms with Gasteiger partial charge in [-0.1, -0.05) is 281 Å². The van der Waals surface area contributed by atoms with E-state index in [4.69, 9.17) is 84.6 Å². The second kappa shape index (κ2) is 45.4. The largest absolute Gasteiger partial charge is 0.492 e. The Morgan fingerprint density at radius 1 is 0.481 bits per heavy atom. The molecule has 0 bridgehead atoms. The van der Waals surface area contributed by atoms with Crippen molar-refractivity contribution >= 4 is 178 Å². The molecule has 0 saturated carbocycles. The van der Waals surface area contributed by atoms with Crippen molar-refractivity contribution in [3.8, 4) is 5.75 Å². The number of aromatic nitrogens is 1. The van der Waals surface area contributed by atoms with E-state index >= 15 is 8.78 Å². The molecule has 1 saturated heterocycles. The van der Waals surface area contributed by atoms with Gasteiger partial charge in [0.15, 0.2) is 0 Å². The summed E-state index contributed by atoms with van der Waals surface area (Å²) in [5, 5.41) is 32.0. The number of aryl methyl sites for hydroxylation is 3. The molecule has 3 N–H and O–H groups in total. The summed E-state index contributed by atoms with van der Waals surface area (Å²) < 4.78 is 49.7. The van der Waals surface area contributed by atoms with Gasteiger partial charge in [-0.25, -0.2) is 23.2 Å². The molecule has 4 aliphatic carbocycles. The van der Waals surface area contributed by atoms with Gasteiger partial charge in [0.05, 0.1) is 22.3 Å². The summed E-state index contributed by atoms with van der Waals surface area (Å²) in [4.78, 5) is 43.9. The van der Waals surface area contributed by atoms with Gasteiger partial charge in [0, 0.05) is 77.1 Å². The smallest absolute Gasteiger partial charge is 0.328 e. The molecule has 0 atom stereocenters. The summed E-state index contributed by atoms with van der Waals surface area (Å²) in [6.07, 6.45) is 17.6. The number of aliphatic carboxylic acids is 3. The van der Waals surface area contributed by atoms with Crippen LogP contribution in [0.3, 0.4) is 0 Å². The number of thiophene rings is 1. The normalized spacial score (nSPS) is 14.4. The van der Waals surface area contributed by atoms with E-state index in [1.54, 1.807) is 29.6 Å². The summed E-state index contributed by atoms with van der Waals surface area (Å²) in [5.41, 5.74) is 32.4. The number of ether oxygens (including phenoxy) is 1. The first kappa shape index (κ1) is 98.1. The predicted molar refractivity (Wildman–Crippen MR) is 555 cm³/mol. The van der Waals surface area contributed by atoms with Crippen LogP contribution in [0.4, 0.5) is 19.0 Å². The minimum atomic E-state index is -1.19. The molecule has 1 aliphatic heterocycles. The first-order chi connectivity index (χ1) is 65.2. The Morgan fingerprint density at radius 2 is 0.904 bits per heavy atom. The molecule has 1 fully saturated rings. The van der Waals surface area contributed by atoms with E-state index < -0.39 is 29.5 Å². The topological polar surface area (TPSA) is 142 Å². The lowest BCUT2D eigenvalue weighted by Gasteiger charge is -2.37. The van der Waals surface area contributed by atoms with Gasteiger partial charge in [0.1, 0.15) is 24.0 Å². The van der Waals surface area contributed by atoms with Gasteiger partial charge in [0.25, 0.3) is 5.82 Å².